The molecule has 0 atom stereocenters. The van der Waals surface area contributed by atoms with E-state index in [0.717, 1.165) is 12.1 Å². The molecule has 1 N–H and O–H groups in total. The Morgan fingerprint density at radius 2 is 1.84 bits per heavy atom. The minimum absolute atomic E-state index is 0.00716. The first-order valence-electron chi connectivity index (χ1n) is 9.17. The van der Waals surface area contributed by atoms with Gasteiger partial charge in [-0.1, -0.05) is 6.07 Å². The van der Waals surface area contributed by atoms with Gasteiger partial charge in [-0.3, -0.25) is 4.79 Å². The first-order chi connectivity index (χ1) is 14.6. The van der Waals surface area contributed by atoms with Gasteiger partial charge in [0.2, 0.25) is 0 Å². The van der Waals surface area contributed by atoms with Crippen LogP contribution in [-0.2, 0) is 12.6 Å². The molecular formula is C21H18F4N4O2. The lowest BCUT2D eigenvalue weighted by molar-refractivity contribution is -0.137. The third-order valence-electron chi connectivity index (χ3n) is 4.45. The second-order valence-electron chi connectivity index (χ2n) is 6.71. The highest BCUT2D eigenvalue weighted by molar-refractivity contribution is 5.89. The van der Waals surface area contributed by atoms with Gasteiger partial charge in [0.15, 0.2) is 0 Å². The highest BCUT2D eigenvalue weighted by atomic mass is 19.4. The molecule has 162 valence electrons. The zero-order valence-corrected chi connectivity index (χ0v) is 16.4. The highest BCUT2D eigenvalue weighted by Gasteiger charge is 2.30. The van der Waals surface area contributed by atoms with Gasteiger partial charge in [-0.25, -0.2) is 9.18 Å². The molecule has 1 heterocycles. The molecule has 0 fully saturated rings. The first-order valence-corrected chi connectivity index (χ1v) is 9.17. The molecule has 3 rings (SSSR count). The molecule has 2 amide bonds. The Labute approximate surface area is 174 Å². The van der Waals surface area contributed by atoms with E-state index < -0.39 is 29.1 Å². The molecule has 0 aliphatic heterocycles. The summed E-state index contributed by atoms with van der Waals surface area (Å²) in [4.78, 5) is 29.3. The van der Waals surface area contributed by atoms with E-state index in [4.69, 9.17) is 0 Å². The fourth-order valence-electron chi connectivity index (χ4n) is 2.82. The second kappa shape index (κ2) is 8.99. The van der Waals surface area contributed by atoms with E-state index in [1.54, 1.807) is 4.57 Å². The van der Waals surface area contributed by atoms with Gasteiger partial charge >= 0.3 is 12.2 Å². The predicted octanol–water partition coefficient (Wildman–Crippen LogP) is 4.10. The van der Waals surface area contributed by atoms with Crippen molar-refractivity contribution in [3.8, 4) is 5.69 Å². The quantitative estimate of drug-likeness (QED) is 0.615. The maximum Gasteiger partial charge on any atom is 0.416 e. The van der Waals surface area contributed by atoms with E-state index in [1.807, 2.05) is 0 Å². The van der Waals surface area contributed by atoms with E-state index >= 15 is 0 Å². The van der Waals surface area contributed by atoms with Gasteiger partial charge in [0, 0.05) is 43.7 Å². The van der Waals surface area contributed by atoms with Crippen molar-refractivity contribution in [2.24, 2.45) is 0 Å². The van der Waals surface area contributed by atoms with Crippen molar-refractivity contribution in [2.75, 3.05) is 18.9 Å². The number of anilines is 1. The Morgan fingerprint density at radius 3 is 2.52 bits per heavy atom. The fraction of sp³-hybridized carbons (Fsp3) is 0.190. The lowest BCUT2D eigenvalue weighted by Gasteiger charge is -2.19. The van der Waals surface area contributed by atoms with Crippen LogP contribution in [0.15, 0.2) is 65.6 Å². The number of aromatic nitrogens is 2. The topological polar surface area (TPSA) is 67.2 Å². The van der Waals surface area contributed by atoms with Crippen LogP contribution in [0, 0.1) is 5.82 Å². The Morgan fingerprint density at radius 1 is 1.13 bits per heavy atom. The fourth-order valence-corrected chi connectivity index (χ4v) is 2.82. The number of benzene rings is 2. The predicted molar refractivity (Wildman–Crippen MR) is 107 cm³/mol. The number of halogens is 4. The maximum absolute atomic E-state index is 13.2. The molecule has 6 nitrogen and oxygen atoms in total. The van der Waals surface area contributed by atoms with Crippen LogP contribution in [-0.4, -0.2) is 34.1 Å². The largest absolute Gasteiger partial charge is 0.416 e. The van der Waals surface area contributed by atoms with Crippen molar-refractivity contribution in [1.29, 1.82) is 0 Å². The van der Waals surface area contributed by atoms with Crippen molar-refractivity contribution in [3.63, 3.8) is 0 Å². The molecule has 0 bridgehead atoms. The van der Waals surface area contributed by atoms with Crippen LogP contribution in [0.25, 0.3) is 5.69 Å². The average Bonchev–Trinajstić information content (AvgIpc) is 2.72. The van der Waals surface area contributed by atoms with Crippen molar-refractivity contribution in [2.45, 2.75) is 12.6 Å². The molecule has 0 saturated carbocycles. The summed E-state index contributed by atoms with van der Waals surface area (Å²) in [7, 11) is 1.46. The summed E-state index contributed by atoms with van der Waals surface area (Å²) in [6.45, 7) is 0.127. The summed E-state index contributed by atoms with van der Waals surface area (Å²) < 4.78 is 53.3. The minimum atomic E-state index is -4.52. The molecule has 0 aliphatic rings. The lowest BCUT2D eigenvalue weighted by Crippen LogP contribution is -2.34. The van der Waals surface area contributed by atoms with E-state index in [-0.39, 0.29) is 18.7 Å². The third kappa shape index (κ3) is 5.68. The summed E-state index contributed by atoms with van der Waals surface area (Å²) in [6.07, 6.45) is -2.84. The first kappa shape index (κ1) is 22.0. The Balaban J connectivity index is 1.70. The molecule has 10 heteroatoms. The second-order valence-corrected chi connectivity index (χ2v) is 6.71. The van der Waals surface area contributed by atoms with Crippen molar-refractivity contribution >= 4 is 11.7 Å². The smallest absolute Gasteiger partial charge is 0.327 e. The molecule has 0 radical (unpaired) electrons. The zero-order chi connectivity index (χ0) is 22.6. The summed E-state index contributed by atoms with van der Waals surface area (Å²) in [5.41, 5.74) is -0.748. The molecule has 31 heavy (non-hydrogen) atoms. The summed E-state index contributed by atoms with van der Waals surface area (Å²) >= 11 is 0. The number of urea groups is 1. The van der Waals surface area contributed by atoms with E-state index in [9.17, 15) is 27.2 Å². The van der Waals surface area contributed by atoms with Crippen molar-refractivity contribution in [1.82, 2.24) is 14.5 Å². The summed E-state index contributed by atoms with van der Waals surface area (Å²) in [5, 5.41) is 2.41. The van der Waals surface area contributed by atoms with Crippen LogP contribution < -0.4 is 10.9 Å². The Bertz CT molecular complexity index is 1130. The number of alkyl halides is 3. The molecule has 0 unspecified atom stereocenters. The molecule has 3 aromatic rings. The van der Waals surface area contributed by atoms with Crippen LogP contribution in [0.2, 0.25) is 0 Å². The van der Waals surface area contributed by atoms with Crippen LogP contribution in [0.4, 0.5) is 28.0 Å². The Hall–Kier alpha value is -3.69. The monoisotopic (exact) mass is 434 g/mol. The van der Waals surface area contributed by atoms with E-state index in [2.05, 4.69) is 10.3 Å². The number of hydrogen-bond donors (Lipinski definition) is 1. The van der Waals surface area contributed by atoms with Crippen LogP contribution in [0.3, 0.4) is 0 Å². The highest BCUT2D eigenvalue weighted by Crippen LogP contribution is 2.30. The van der Waals surface area contributed by atoms with Gasteiger partial charge < -0.3 is 14.8 Å². The molecule has 2 aromatic carbocycles. The van der Waals surface area contributed by atoms with Crippen molar-refractivity contribution < 1.29 is 22.4 Å². The molecule has 0 aliphatic carbocycles. The summed E-state index contributed by atoms with van der Waals surface area (Å²) in [5.74, 6) is -0.0665. The van der Waals surface area contributed by atoms with E-state index in [1.165, 1.54) is 60.6 Å². The van der Waals surface area contributed by atoms with Gasteiger partial charge in [-0.15, -0.1) is 0 Å². The summed E-state index contributed by atoms with van der Waals surface area (Å²) in [6, 6.07) is 10.5. The molecule has 0 spiro atoms. The number of rotatable bonds is 5. The van der Waals surface area contributed by atoms with Crippen LogP contribution in [0.5, 0.6) is 0 Å². The SMILES string of the molecule is CN(CCc1nc(=O)ccn1-c1ccc(F)cc1)C(=O)Nc1cccc(C(F)(F)F)c1. The zero-order valence-electron chi connectivity index (χ0n) is 16.4. The number of amides is 2. The van der Waals surface area contributed by atoms with Gasteiger partial charge in [-0.05, 0) is 42.5 Å². The molecule has 0 saturated heterocycles. The third-order valence-corrected chi connectivity index (χ3v) is 4.45. The molecular weight excluding hydrogens is 416 g/mol. The average molecular weight is 434 g/mol. The minimum Gasteiger partial charge on any atom is -0.327 e. The normalized spacial score (nSPS) is 11.3. The number of hydrogen-bond acceptors (Lipinski definition) is 3. The van der Waals surface area contributed by atoms with E-state index in [0.29, 0.717) is 11.5 Å². The van der Waals surface area contributed by atoms with Crippen LogP contribution in [0.1, 0.15) is 11.4 Å². The Kier molecular flexibility index (Phi) is 6.38. The van der Waals surface area contributed by atoms with Crippen molar-refractivity contribution in [3.05, 3.63) is 88.4 Å². The van der Waals surface area contributed by atoms with Gasteiger partial charge in [0.25, 0.3) is 5.56 Å². The number of carbonyl (C=O) groups is 1. The standard InChI is InChI=1S/C21H18F4N4O2/c1-28(20(31)26-16-4-2-3-14(13-16)21(23,24)25)11-9-18-27-19(30)10-12-29(18)17-7-5-15(22)6-8-17/h2-8,10,12-13H,9,11H2,1H3,(H,26,31). The number of likely N-dealkylation sites (N-methyl/N-ethyl adjacent to an activating group) is 1. The van der Waals surface area contributed by atoms with Gasteiger partial charge in [-0.2, -0.15) is 18.2 Å². The lowest BCUT2D eigenvalue weighted by atomic mass is 10.2. The number of carbonyl (C=O) groups excluding carboxylic acids is 1. The van der Waals surface area contributed by atoms with Gasteiger partial charge in [0.1, 0.15) is 11.6 Å². The maximum atomic E-state index is 13.2. The van der Waals surface area contributed by atoms with Gasteiger partial charge in [0.05, 0.1) is 5.56 Å². The molecule has 1 aromatic heterocycles. The number of nitrogens with zero attached hydrogens (tertiary/aromatic N) is 3. The number of nitrogens with one attached hydrogen (secondary N) is 1. The van der Waals surface area contributed by atoms with Crippen LogP contribution >= 0.6 is 0 Å².